The maximum atomic E-state index is 13.1. The van der Waals surface area contributed by atoms with Crippen LogP contribution in [-0.2, 0) is 0 Å². The lowest BCUT2D eigenvalue weighted by Gasteiger charge is -1.98. The lowest BCUT2D eigenvalue weighted by molar-refractivity contribution is 0.630. The quantitative estimate of drug-likeness (QED) is 0.488. The predicted octanol–water partition coefficient (Wildman–Crippen LogP) is 0.699. The van der Waals surface area contributed by atoms with Crippen molar-refractivity contribution in [3.05, 3.63) is 29.0 Å². The van der Waals surface area contributed by atoms with Gasteiger partial charge in [-0.2, -0.15) is 4.99 Å². The molecule has 0 amide bonds. The first-order valence-corrected chi connectivity index (χ1v) is 4.25. The second kappa shape index (κ2) is 4.61. The van der Waals surface area contributed by atoms with Gasteiger partial charge in [-0.3, -0.25) is 0 Å². The average molecular weight is 230 g/mol. The van der Waals surface area contributed by atoms with Gasteiger partial charge >= 0.3 is 0 Å². The van der Waals surface area contributed by atoms with E-state index in [0.717, 1.165) is 0 Å². The minimum atomic E-state index is -0.562. The minimum Gasteiger partial charge on any atom is -0.370 e. The Morgan fingerprint density at radius 2 is 1.93 bits per heavy atom. The predicted molar refractivity (Wildman–Crippen MR) is 58.5 cm³/mol. The van der Waals surface area contributed by atoms with Gasteiger partial charge in [-0.05, 0) is 18.2 Å². The Kier molecular flexibility index (Phi) is 3.46. The highest BCUT2D eigenvalue weighted by molar-refractivity contribution is 6.30. The number of benzene rings is 1. The third-order valence-electron chi connectivity index (χ3n) is 1.39. The molecule has 0 unspecified atom stereocenters. The first kappa shape index (κ1) is 11.3. The molecule has 5 nitrogen and oxygen atoms in total. The monoisotopic (exact) mass is 229 g/mol. The zero-order valence-corrected chi connectivity index (χ0v) is 8.37. The fraction of sp³-hybridized carbons (Fsp3) is 0. The summed E-state index contributed by atoms with van der Waals surface area (Å²) in [5, 5.41) is 0.340. The van der Waals surface area contributed by atoms with E-state index in [9.17, 15) is 4.39 Å². The number of guanidine groups is 2. The summed E-state index contributed by atoms with van der Waals surface area (Å²) >= 11 is 5.64. The van der Waals surface area contributed by atoms with Crippen LogP contribution >= 0.6 is 11.6 Å². The van der Waals surface area contributed by atoms with Crippen LogP contribution < -0.4 is 17.2 Å². The molecule has 1 aromatic carbocycles. The maximum Gasteiger partial charge on any atom is 0.223 e. The van der Waals surface area contributed by atoms with Crippen LogP contribution in [0.4, 0.5) is 10.1 Å². The van der Waals surface area contributed by atoms with Crippen LogP contribution in [0.1, 0.15) is 0 Å². The summed E-state index contributed by atoms with van der Waals surface area (Å²) in [5.41, 5.74) is 15.4. The fourth-order valence-electron chi connectivity index (χ4n) is 0.852. The van der Waals surface area contributed by atoms with E-state index in [-0.39, 0.29) is 17.6 Å². The largest absolute Gasteiger partial charge is 0.370 e. The van der Waals surface area contributed by atoms with Gasteiger partial charge in [0.2, 0.25) is 5.96 Å². The normalized spacial score (nSPS) is 11.2. The number of aliphatic imine (C=N–C) groups is 2. The lowest BCUT2D eigenvalue weighted by atomic mass is 10.3. The Morgan fingerprint density at radius 1 is 1.27 bits per heavy atom. The Hall–Kier alpha value is -1.82. The van der Waals surface area contributed by atoms with Crippen molar-refractivity contribution in [1.29, 1.82) is 0 Å². The smallest absolute Gasteiger partial charge is 0.223 e. The van der Waals surface area contributed by atoms with Gasteiger partial charge in [-0.25, -0.2) is 9.38 Å². The van der Waals surface area contributed by atoms with Crippen molar-refractivity contribution in [3.63, 3.8) is 0 Å². The number of hydrogen-bond acceptors (Lipinski definition) is 1. The number of halogens is 2. The molecule has 0 radical (unpaired) electrons. The van der Waals surface area contributed by atoms with Gasteiger partial charge in [0.05, 0.1) is 0 Å². The fourth-order valence-corrected chi connectivity index (χ4v) is 1.02. The molecular weight excluding hydrogens is 221 g/mol. The highest BCUT2D eigenvalue weighted by atomic mass is 35.5. The molecule has 80 valence electrons. The Morgan fingerprint density at radius 3 is 2.53 bits per heavy atom. The van der Waals surface area contributed by atoms with Crippen LogP contribution in [0.5, 0.6) is 0 Å². The molecule has 7 heteroatoms. The molecule has 0 aliphatic rings. The summed E-state index contributed by atoms with van der Waals surface area (Å²) in [6.45, 7) is 0. The summed E-state index contributed by atoms with van der Waals surface area (Å²) in [5.74, 6) is -1.05. The van der Waals surface area contributed by atoms with E-state index in [4.69, 9.17) is 28.8 Å². The molecule has 0 heterocycles. The third kappa shape index (κ3) is 3.43. The number of nitrogens with zero attached hydrogens (tertiary/aromatic N) is 2. The molecule has 0 aliphatic heterocycles. The van der Waals surface area contributed by atoms with E-state index >= 15 is 0 Å². The first-order valence-electron chi connectivity index (χ1n) is 3.88. The molecule has 0 aliphatic carbocycles. The van der Waals surface area contributed by atoms with Crippen molar-refractivity contribution in [3.8, 4) is 0 Å². The number of rotatable bonds is 1. The van der Waals surface area contributed by atoms with Gasteiger partial charge in [0.25, 0.3) is 0 Å². The van der Waals surface area contributed by atoms with Crippen LogP contribution in [0.2, 0.25) is 5.02 Å². The van der Waals surface area contributed by atoms with E-state index in [1.165, 1.54) is 18.2 Å². The molecule has 0 fully saturated rings. The van der Waals surface area contributed by atoms with Crippen molar-refractivity contribution >= 4 is 29.2 Å². The van der Waals surface area contributed by atoms with Crippen LogP contribution in [0.3, 0.4) is 0 Å². The standard InChI is InChI=1S/C8H9ClFN5/c9-4-1-2-5(10)6(3-4)14-8(13)15-7(11)12/h1-3H,(H6,11,12,13,14,15). The topological polar surface area (TPSA) is 103 Å². The van der Waals surface area contributed by atoms with E-state index in [2.05, 4.69) is 9.98 Å². The molecule has 15 heavy (non-hydrogen) atoms. The highest BCUT2D eigenvalue weighted by Gasteiger charge is 2.02. The summed E-state index contributed by atoms with van der Waals surface area (Å²) in [4.78, 5) is 7.08. The molecule has 1 aromatic rings. The SMILES string of the molecule is NC(N)=NC(N)=Nc1cc(Cl)ccc1F. The zero-order valence-electron chi connectivity index (χ0n) is 7.61. The average Bonchev–Trinajstić information content (AvgIpc) is 2.10. The second-order valence-corrected chi connectivity index (χ2v) is 3.04. The highest BCUT2D eigenvalue weighted by Crippen LogP contribution is 2.22. The molecule has 1 rings (SSSR count). The van der Waals surface area contributed by atoms with Crippen molar-refractivity contribution < 1.29 is 4.39 Å². The summed E-state index contributed by atoms with van der Waals surface area (Å²) in [7, 11) is 0. The second-order valence-electron chi connectivity index (χ2n) is 2.60. The Balaban J connectivity index is 3.07. The molecular formula is C8H9ClFN5. The van der Waals surface area contributed by atoms with Gasteiger partial charge in [0.1, 0.15) is 11.5 Å². The summed E-state index contributed by atoms with van der Waals surface area (Å²) in [6, 6.07) is 3.88. The van der Waals surface area contributed by atoms with Crippen LogP contribution in [0.25, 0.3) is 0 Å². The lowest BCUT2D eigenvalue weighted by Crippen LogP contribution is -2.26. The van der Waals surface area contributed by atoms with E-state index in [1.807, 2.05) is 0 Å². The van der Waals surface area contributed by atoms with E-state index in [1.54, 1.807) is 0 Å². The van der Waals surface area contributed by atoms with Gasteiger partial charge in [-0.15, -0.1) is 0 Å². The van der Waals surface area contributed by atoms with Crippen molar-refractivity contribution in [1.82, 2.24) is 0 Å². The molecule has 6 N–H and O–H groups in total. The molecule has 0 saturated heterocycles. The van der Waals surface area contributed by atoms with E-state index in [0.29, 0.717) is 5.02 Å². The van der Waals surface area contributed by atoms with Crippen molar-refractivity contribution in [2.45, 2.75) is 0 Å². The van der Waals surface area contributed by atoms with Crippen LogP contribution in [-0.4, -0.2) is 11.9 Å². The van der Waals surface area contributed by atoms with E-state index < -0.39 is 5.82 Å². The molecule has 0 spiro atoms. The number of hydrogen-bond donors (Lipinski definition) is 3. The van der Waals surface area contributed by atoms with Gasteiger partial charge < -0.3 is 17.2 Å². The molecule has 0 saturated carbocycles. The molecule has 0 aromatic heterocycles. The van der Waals surface area contributed by atoms with Crippen LogP contribution in [0, 0.1) is 5.82 Å². The van der Waals surface area contributed by atoms with Crippen molar-refractivity contribution in [2.75, 3.05) is 0 Å². The Bertz CT molecular complexity index is 425. The van der Waals surface area contributed by atoms with Crippen molar-refractivity contribution in [2.24, 2.45) is 27.2 Å². The first-order chi connectivity index (χ1) is 6.99. The van der Waals surface area contributed by atoms with Gasteiger partial charge in [0.15, 0.2) is 5.96 Å². The minimum absolute atomic E-state index is 0.0231. The van der Waals surface area contributed by atoms with Gasteiger partial charge in [-0.1, -0.05) is 11.6 Å². The third-order valence-corrected chi connectivity index (χ3v) is 1.62. The van der Waals surface area contributed by atoms with Crippen LogP contribution in [0.15, 0.2) is 28.2 Å². The maximum absolute atomic E-state index is 13.1. The molecule has 0 bridgehead atoms. The summed E-state index contributed by atoms with van der Waals surface area (Å²) in [6.07, 6.45) is 0. The zero-order chi connectivity index (χ0) is 11.4. The molecule has 0 atom stereocenters. The van der Waals surface area contributed by atoms with Gasteiger partial charge in [0, 0.05) is 5.02 Å². The summed E-state index contributed by atoms with van der Waals surface area (Å²) < 4.78 is 13.1. The number of nitrogens with two attached hydrogens (primary N) is 3. The Labute approximate surface area is 90.4 Å².